The number of benzene rings is 1. The van der Waals surface area contributed by atoms with Gasteiger partial charge in [-0.15, -0.1) is 0 Å². The van der Waals surface area contributed by atoms with Gasteiger partial charge in [0, 0.05) is 12.6 Å². The summed E-state index contributed by atoms with van der Waals surface area (Å²) in [4.78, 5) is 16.3. The maximum Gasteiger partial charge on any atom is 0.419 e. The lowest BCUT2D eigenvalue weighted by atomic mass is 9.66. The normalized spacial score (nSPS) is 21.1. The minimum absolute atomic E-state index is 0.105. The third-order valence-corrected chi connectivity index (χ3v) is 5.59. The first-order chi connectivity index (χ1) is 12.8. The molecule has 2 aromatic rings. The van der Waals surface area contributed by atoms with Crippen molar-refractivity contribution >= 4 is 17.2 Å². The number of anilines is 2. The van der Waals surface area contributed by atoms with E-state index < -0.39 is 17.6 Å². The molecule has 3 nitrogen and oxygen atoms in total. The molecular weight excluding hydrogens is 360 g/mol. The van der Waals surface area contributed by atoms with Crippen LogP contribution < -0.4 is 5.32 Å². The first-order valence-corrected chi connectivity index (χ1v) is 8.93. The molecule has 1 N–H and O–H groups in total. The van der Waals surface area contributed by atoms with Gasteiger partial charge in [-0.05, 0) is 66.8 Å². The van der Waals surface area contributed by atoms with Gasteiger partial charge in [-0.1, -0.05) is 0 Å². The van der Waals surface area contributed by atoms with E-state index in [1.807, 2.05) is 0 Å². The lowest BCUT2D eigenvalue weighted by molar-refractivity contribution is -0.139. The summed E-state index contributed by atoms with van der Waals surface area (Å²) in [6, 6.07) is 2.85. The van der Waals surface area contributed by atoms with Gasteiger partial charge < -0.3 is 5.32 Å². The molecule has 2 bridgehead atoms. The van der Waals surface area contributed by atoms with Crippen molar-refractivity contribution in [2.75, 3.05) is 5.32 Å². The Labute approximate surface area is 153 Å². The first-order valence-electron chi connectivity index (χ1n) is 8.93. The van der Waals surface area contributed by atoms with Crippen molar-refractivity contribution in [3.05, 3.63) is 52.6 Å². The second-order valence-electron chi connectivity index (χ2n) is 7.27. The van der Waals surface area contributed by atoms with E-state index in [0.29, 0.717) is 11.4 Å². The fourth-order valence-corrected chi connectivity index (χ4v) is 4.42. The molecule has 0 spiro atoms. The lowest BCUT2D eigenvalue weighted by Crippen LogP contribution is -2.26. The summed E-state index contributed by atoms with van der Waals surface area (Å²) in [6.45, 7) is 1.48. The average molecular weight is 378 g/mol. The number of hydrogen-bond acceptors (Lipinski definition) is 3. The minimum Gasteiger partial charge on any atom is -0.354 e. The quantitative estimate of drug-likeness (QED) is 0.531. The summed E-state index contributed by atoms with van der Waals surface area (Å²) >= 11 is 0. The summed E-state index contributed by atoms with van der Waals surface area (Å²) in [7, 11) is 0. The van der Waals surface area contributed by atoms with E-state index in [0.717, 1.165) is 48.9 Å². The third-order valence-electron chi connectivity index (χ3n) is 5.59. The van der Waals surface area contributed by atoms with Crippen molar-refractivity contribution < 1.29 is 22.4 Å². The van der Waals surface area contributed by atoms with E-state index in [1.54, 1.807) is 0 Å². The number of carbonyl (C=O) groups excluding carboxylic acids is 1. The minimum atomic E-state index is -4.77. The third kappa shape index (κ3) is 3.09. The van der Waals surface area contributed by atoms with Crippen molar-refractivity contribution in [2.24, 2.45) is 0 Å². The molecule has 0 amide bonds. The van der Waals surface area contributed by atoms with Crippen LogP contribution in [0.4, 0.5) is 28.9 Å². The Balaban J connectivity index is 1.79. The van der Waals surface area contributed by atoms with Gasteiger partial charge >= 0.3 is 6.18 Å². The van der Waals surface area contributed by atoms with E-state index >= 15 is 0 Å². The standard InChI is InChI=1S/C20H18F4N2O/c1-10(27)19-18-12-4-2-11(3-5-12)17(18)16(9-25-19)26-13-6-7-15(21)14(8-13)20(22,23)24/h6-9,11-12,26H,2-5H2,1H3. The second kappa shape index (κ2) is 6.32. The highest BCUT2D eigenvalue weighted by Gasteiger charge is 2.38. The molecule has 0 atom stereocenters. The molecule has 3 aliphatic rings. The zero-order valence-electron chi connectivity index (χ0n) is 14.7. The smallest absolute Gasteiger partial charge is 0.354 e. The summed E-state index contributed by atoms with van der Waals surface area (Å²) in [5.41, 5.74) is 1.81. The van der Waals surface area contributed by atoms with Crippen LogP contribution >= 0.6 is 0 Å². The van der Waals surface area contributed by atoms with Crippen LogP contribution in [-0.2, 0) is 6.18 Å². The predicted molar refractivity (Wildman–Crippen MR) is 92.9 cm³/mol. The highest BCUT2D eigenvalue weighted by molar-refractivity contribution is 5.95. The van der Waals surface area contributed by atoms with Crippen LogP contribution in [0.5, 0.6) is 0 Å². The highest BCUT2D eigenvalue weighted by Crippen LogP contribution is 2.52. The number of alkyl halides is 3. The summed E-state index contributed by atoms with van der Waals surface area (Å²) in [5, 5.41) is 2.98. The monoisotopic (exact) mass is 378 g/mol. The number of nitrogens with one attached hydrogen (secondary N) is 1. The largest absolute Gasteiger partial charge is 0.419 e. The van der Waals surface area contributed by atoms with Gasteiger partial charge in [0.1, 0.15) is 11.5 Å². The number of halogens is 4. The molecule has 1 aromatic carbocycles. The van der Waals surface area contributed by atoms with Crippen LogP contribution in [0.3, 0.4) is 0 Å². The number of rotatable bonds is 3. The molecule has 142 valence electrons. The summed E-state index contributed by atoms with van der Waals surface area (Å²) < 4.78 is 52.5. The lowest BCUT2D eigenvalue weighted by Gasteiger charge is -2.40. The second-order valence-corrected chi connectivity index (χ2v) is 7.27. The maximum absolute atomic E-state index is 13.5. The number of pyridine rings is 1. The fraction of sp³-hybridized carbons (Fsp3) is 0.400. The number of carbonyl (C=O) groups is 1. The Bertz CT molecular complexity index is 915. The molecule has 1 aromatic heterocycles. The SMILES string of the molecule is CC(=O)c1ncc(Nc2ccc(F)c(C(F)(F)F)c2)c2c1C1CCC2CC1. The van der Waals surface area contributed by atoms with Gasteiger partial charge in [0.25, 0.3) is 0 Å². The Morgan fingerprint density at radius 2 is 1.74 bits per heavy atom. The molecule has 7 heteroatoms. The van der Waals surface area contributed by atoms with E-state index in [2.05, 4.69) is 10.3 Å². The number of hydrogen-bond donors (Lipinski definition) is 1. The molecular formula is C20H18F4N2O. The zero-order valence-corrected chi connectivity index (χ0v) is 14.7. The van der Waals surface area contributed by atoms with Crippen LogP contribution in [0.25, 0.3) is 0 Å². The molecule has 27 heavy (non-hydrogen) atoms. The van der Waals surface area contributed by atoms with Crippen molar-refractivity contribution in [2.45, 2.75) is 50.6 Å². The number of ketones is 1. The van der Waals surface area contributed by atoms with Gasteiger partial charge in [-0.25, -0.2) is 4.39 Å². The van der Waals surface area contributed by atoms with Crippen LogP contribution in [0.1, 0.15) is 71.6 Å². The van der Waals surface area contributed by atoms with Gasteiger partial charge in [0.05, 0.1) is 17.4 Å². The fourth-order valence-electron chi connectivity index (χ4n) is 4.42. The van der Waals surface area contributed by atoms with Crippen LogP contribution in [0.2, 0.25) is 0 Å². The Hall–Kier alpha value is -2.44. The zero-order chi connectivity index (χ0) is 19.3. The molecule has 5 rings (SSSR count). The van der Waals surface area contributed by atoms with Gasteiger partial charge in [0.15, 0.2) is 5.78 Å². The summed E-state index contributed by atoms with van der Waals surface area (Å²) in [6.07, 6.45) is 0.718. The van der Waals surface area contributed by atoms with E-state index in [4.69, 9.17) is 0 Å². The Kier molecular flexibility index (Phi) is 4.20. The van der Waals surface area contributed by atoms with Crippen molar-refractivity contribution in [1.29, 1.82) is 0 Å². The summed E-state index contributed by atoms with van der Waals surface area (Å²) in [5.74, 6) is -0.890. The molecule has 0 aliphatic heterocycles. The molecule has 1 saturated carbocycles. The van der Waals surface area contributed by atoms with Crippen LogP contribution in [-0.4, -0.2) is 10.8 Å². The van der Waals surface area contributed by atoms with Crippen LogP contribution in [0, 0.1) is 5.82 Å². The maximum atomic E-state index is 13.5. The molecule has 0 unspecified atom stereocenters. The van der Waals surface area contributed by atoms with Crippen molar-refractivity contribution in [1.82, 2.24) is 4.98 Å². The Morgan fingerprint density at radius 1 is 1.11 bits per heavy atom. The molecule has 1 heterocycles. The number of aromatic nitrogens is 1. The predicted octanol–water partition coefficient (Wildman–Crippen LogP) is 5.94. The van der Waals surface area contributed by atoms with E-state index in [1.165, 1.54) is 19.2 Å². The van der Waals surface area contributed by atoms with E-state index in [9.17, 15) is 22.4 Å². The molecule has 3 aliphatic carbocycles. The number of Topliss-reactive ketones (excluding diaryl/α,β-unsaturated/α-hetero) is 1. The van der Waals surface area contributed by atoms with Gasteiger partial charge in [-0.3, -0.25) is 9.78 Å². The highest BCUT2D eigenvalue weighted by atomic mass is 19.4. The average Bonchev–Trinajstić information content (AvgIpc) is 2.63. The topological polar surface area (TPSA) is 42.0 Å². The van der Waals surface area contributed by atoms with Gasteiger partial charge in [-0.2, -0.15) is 13.2 Å². The van der Waals surface area contributed by atoms with Gasteiger partial charge in [0.2, 0.25) is 0 Å². The molecule has 0 saturated heterocycles. The number of fused-ring (bicyclic) bond motifs is 2. The number of nitrogens with zero attached hydrogens (tertiary/aromatic N) is 1. The Morgan fingerprint density at radius 3 is 2.33 bits per heavy atom. The van der Waals surface area contributed by atoms with Crippen molar-refractivity contribution in [3.8, 4) is 0 Å². The molecule has 1 fully saturated rings. The van der Waals surface area contributed by atoms with Crippen molar-refractivity contribution in [3.63, 3.8) is 0 Å². The molecule has 0 radical (unpaired) electrons. The first kappa shape index (κ1) is 17.9. The van der Waals surface area contributed by atoms with Crippen LogP contribution in [0.15, 0.2) is 24.4 Å². The van der Waals surface area contributed by atoms with E-state index in [-0.39, 0.29) is 23.3 Å².